The number of carboxylic acids is 1. The lowest BCUT2D eigenvalue weighted by atomic mass is 10.0. The van der Waals surface area contributed by atoms with Crippen molar-refractivity contribution in [2.75, 3.05) is 13.7 Å². The zero-order valence-electron chi connectivity index (χ0n) is 17.9. The lowest BCUT2D eigenvalue weighted by Crippen LogP contribution is -2.23. The summed E-state index contributed by atoms with van der Waals surface area (Å²) >= 11 is 6.28. The summed E-state index contributed by atoms with van der Waals surface area (Å²) in [7, 11) is 1.55. The Labute approximate surface area is 191 Å². The van der Waals surface area contributed by atoms with Gasteiger partial charge >= 0.3 is 5.97 Å². The molecule has 0 atom stereocenters. The highest BCUT2D eigenvalue weighted by Crippen LogP contribution is 2.28. The topological polar surface area (TPSA) is 84.9 Å². The third-order valence-electron chi connectivity index (χ3n) is 4.82. The Kier molecular flexibility index (Phi) is 7.73. The highest BCUT2D eigenvalue weighted by molar-refractivity contribution is 6.34. The summed E-state index contributed by atoms with van der Waals surface area (Å²) in [6.45, 7) is 2.79. The molecule has 166 valence electrons. The SMILES string of the molecule is CCCOc1ccc(C(=O)NCc2cc(-c3cccc(C(=O)O)c3)ccc2OC)c(Cl)c1. The first-order chi connectivity index (χ1) is 15.4. The fourth-order valence-electron chi connectivity index (χ4n) is 3.19. The lowest BCUT2D eigenvalue weighted by Gasteiger charge is -2.13. The predicted molar refractivity (Wildman–Crippen MR) is 124 cm³/mol. The van der Waals surface area contributed by atoms with E-state index in [-0.39, 0.29) is 18.0 Å². The number of rotatable bonds is 9. The summed E-state index contributed by atoms with van der Waals surface area (Å²) in [5.74, 6) is -0.0857. The highest BCUT2D eigenvalue weighted by atomic mass is 35.5. The Balaban J connectivity index is 1.78. The molecular weight excluding hydrogens is 430 g/mol. The molecule has 7 heteroatoms. The van der Waals surface area contributed by atoms with Crippen molar-refractivity contribution in [3.05, 3.63) is 82.4 Å². The molecule has 6 nitrogen and oxygen atoms in total. The van der Waals surface area contributed by atoms with Crippen LogP contribution in [0.5, 0.6) is 11.5 Å². The number of ether oxygens (including phenoxy) is 2. The first-order valence-electron chi connectivity index (χ1n) is 10.1. The number of halogens is 1. The van der Waals surface area contributed by atoms with E-state index in [1.807, 2.05) is 25.1 Å². The molecule has 0 aliphatic heterocycles. The fourth-order valence-corrected chi connectivity index (χ4v) is 3.44. The molecule has 3 rings (SSSR count). The van der Waals surface area contributed by atoms with Gasteiger partial charge in [-0.05, 0) is 60.0 Å². The number of methoxy groups -OCH3 is 1. The average Bonchev–Trinajstić information content (AvgIpc) is 2.81. The maximum atomic E-state index is 12.7. The van der Waals surface area contributed by atoms with Gasteiger partial charge in [0.25, 0.3) is 5.91 Å². The van der Waals surface area contributed by atoms with Gasteiger partial charge in [0.05, 0.1) is 29.9 Å². The molecule has 0 saturated heterocycles. The molecule has 3 aromatic rings. The van der Waals surface area contributed by atoms with Crippen LogP contribution >= 0.6 is 11.6 Å². The molecule has 0 bridgehead atoms. The summed E-state index contributed by atoms with van der Waals surface area (Å²) in [6.07, 6.45) is 0.876. The van der Waals surface area contributed by atoms with Crippen molar-refractivity contribution in [2.45, 2.75) is 19.9 Å². The molecule has 0 aromatic heterocycles. The standard InChI is InChI=1S/C25H24ClNO5/c1-3-11-32-20-8-9-21(22(26)14-20)24(28)27-15-19-13-17(7-10-23(19)31-2)16-5-4-6-18(12-16)25(29)30/h4-10,12-14H,3,11,15H2,1-2H3,(H,27,28)(H,29,30). The molecular formula is C25H24ClNO5. The summed E-state index contributed by atoms with van der Waals surface area (Å²) in [6, 6.07) is 17.1. The Bertz CT molecular complexity index is 1130. The summed E-state index contributed by atoms with van der Waals surface area (Å²) < 4.78 is 11.0. The number of carboxylic acid groups (broad SMARTS) is 1. The van der Waals surface area contributed by atoms with Gasteiger partial charge < -0.3 is 19.9 Å². The minimum Gasteiger partial charge on any atom is -0.496 e. The number of hydrogen-bond donors (Lipinski definition) is 2. The summed E-state index contributed by atoms with van der Waals surface area (Å²) in [4.78, 5) is 24.0. The molecule has 0 spiro atoms. The highest BCUT2D eigenvalue weighted by Gasteiger charge is 2.14. The lowest BCUT2D eigenvalue weighted by molar-refractivity contribution is 0.0696. The molecule has 0 aliphatic carbocycles. The second kappa shape index (κ2) is 10.7. The van der Waals surface area contributed by atoms with Crippen molar-refractivity contribution < 1.29 is 24.2 Å². The van der Waals surface area contributed by atoms with E-state index in [1.165, 1.54) is 0 Å². The van der Waals surface area contributed by atoms with Gasteiger partial charge in [-0.1, -0.05) is 36.7 Å². The van der Waals surface area contributed by atoms with Crippen LogP contribution in [0.3, 0.4) is 0 Å². The normalized spacial score (nSPS) is 10.5. The van der Waals surface area contributed by atoms with Crippen molar-refractivity contribution in [2.24, 2.45) is 0 Å². The van der Waals surface area contributed by atoms with Crippen molar-refractivity contribution in [1.29, 1.82) is 0 Å². The Morgan fingerprint density at radius 3 is 2.50 bits per heavy atom. The van der Waals surface area contributed by atoms with E-state index >= 15 is 0 Å². The van der Waals surface area contributed by atoms with Crippen molar-refractivity contribution in [3.8, 4) is 22.6 Å². The summed E-state index contributed by atoms with van der Waals surface area (Å²) in [5.41, 5.74) is 2.87. The van der Waals surface area contributed by atoms with Gasteiger partial charge in [0.15, 0.2) is 0 Å². The van der Waals surface area contributed by atoms with Crippen LogP contribution in [-0.4, -0.2) is 30.7 Å². The van der Waals surface area contributed by atoms with E-state index in [4.69, 9.17) is 21.1 Å². The van der Waals surface area contributed by atoms with E-state index in [0.29, 0.717) is 28.7 Å². The van der Waals surface area contributed by atoms with Crippen molar-refractivity contribution in [3.63, 3.8) is 0 Å². The molecule has 0 radical (unpaired) electrons. The van der Waals surface area contributed by atoms with E-state index < -0.39 is 5.97 Å². The molecule has 0 fully saturated rings. The van der Waals surface area contributed by atoms with Crippen LogP contribution in [0.4, 0.5) is 0 Å². The van der Waals surface area contributed by atoms with E-state index in [0.717, 1.165) is 23.1 Å². The maximum Gasteiger partial charge on any atom is 0.335 e. The monoisotopic (exact) mass is 453 g/mol. The number of hydrogen-bond acceptors (Lipinski definition) is 4. The molecule has 2 N–H and O–H groups in total. The van der Waals surface area contributed by atoms with Gasteiger partial charge in [0, 0.05) is 12.1 Å². The zero-order valence-corrected chi connectivity index (χ0v) is 18.6. The molecule has 0 aliphatic rings. The number of carbonyl (C=O) groups excluding carboxylic acids is 1. The average molecular weight is 454 g/mol. The fraction of sp³-hybridized carbons (Fsp3) is 0.200. The van der Waals surface area contributed by atoms with Crippen LogP contribution in [0.15, 0.2) is 60.7 Å². The van der Waals surface area contributed by atoms with Crippen LogP contribution in [0.1, 0.15) is 39.6 Å². The quantitative estimate of drug-likeness (QED) is 0.451. The second-order valence-electron chi connectivity index (χ2n) is 7.09. The Morgan fingerprint density at radius 1 is 1.03 bits per heavy atom. The third-order valence-corrected chi connectivity index (χ3v) is 5.13. The van der Waals surface area contributed by atoms with Gasteiger partial charge in [0.2, 0.25) is 0 Å². The third kappa shape index (κ3) is 5.59. The second-order valence-corrected chi connectivity index (χ2v) is 7.49. The van der Waals surface area contributed by atoms with Gasteiger partial charge in [-0.3, -0.25) is 4.79 Å². The van der Waals surface area contributed by atoms with E-state index in [2.05, 4.69) is 5.32 Å². The molecule has 0 heterocycles. The van der Waals surface area contributed by atoms with Crippen molar-refractivity contribution >= 4 is 23.5 Å². The first-order valence-corrected chi connectivity index (χ1v) is 10.5. The number of aromatic carboxylic acids is 1. The number of nitrogens with one attached hydrogen (secondary N) is 1. The van der Waals surface area contributed by atoms with Crippen LogP contribution < -0.4 is 14.8 Å². The van der Waals surface area contributed by atoms with Gasteiger partial charge in [-0.15, -0.1) is 0 Å². The van der Waals surface area contributed by atoms with E-state index in [1.54, 1.807) is 49.6 Å². The van der Waals surface area contributed by atoms with Crippen molar-refractivity contribution in [1.82, 2.24) is 5.32 Å². The van der Waals surface area contributed by atoms with Crippen LogP contribution in [0.25, 0.3) is 11.1 Å². The van der Waals surface area contributed by atoms with E-state index in [9.17, 15) is 14.7 Å². The minimum absolute atomic E-state index is 0.203. The largest absolute Gasteiger partial charge is 0.496 e. The molecule has 3 aromatic carbocycles. The van der Waals surface area contributed by atoms with Gasteiger partial charge in [0.1, 0.15) is 11.5 Å². The predicted octanol–water partition coefficient (Wildman–Crippen LogP) is 5.43. The zero-order chi connectivity index (χ0) is 23.1. The molecule has 1 amide bonds. The number of benzene rings is 3. The Morgan fingerprint density at radius 2 is 1.81 bits per heavy atom. The van der Waals surface area contributed by atoms with Crippen LogP contribution in [0.2, 0.25) is 5.02 Å². The smallest absolute Gasteiger partial charge is 0.335 e. The number of carbonyl (C=O) groups is 2. The first kappa shape index (κ1) is 23.2. The molecule has 32 heavy (non-hydrogen) atoms. The van der Waals surface area contributed by atoms with Crippen LogP contribution in [0, 0.1) is 0 Å². The molecule has 0 saturated carbocycles. The van der Waals surface area contributed by atoms with Gasteiger partial charge in [-0.2, -0.15) is 0 Å². The minimum atomic E-state index is -0.990. The van der Waals surface area contributed by atoms with Gasteiger partial charge in [-0.25, -0.2) is 4.79 Å². The molecule has 0 unspecified atom stereocenters. The Hall–Kier alpha value is -3.51. The summed E-state index contributed by atoms with van der Waals surface area (Å²) in [5, 5.41) is 12.4. The van der Waals surface area contributed by atoms with Crippen LogP contribution in [-0.2, 0) is 6.54 Å². The maximum absolute atomic E-state index is 12.7. The number of amides is 1.